The Morgan fingerprint density at radius 1 is 1.53 bits per heavy atom. The summed E-state index contributed by atoms with van der Waals surface area (Å²) in [5, 5.41) is 4.07. The van der Waals surface area contributed by atoms with Gasteiger partial charge in [0.05, 0.1) is 10.2 Å². The summed E-state index contributed by atoms with van der Waals surface area (Å²) in [5.41, 5.74) is 5.98. The average molecular weight is 328 g/mol. The van der Waals surface area contributed by atoms with Crippen LogP contribution in [0.5, 0.6) is 11.6 Å². The molecule has 2 rings (SSSR count). The number of carbonyl (C=O) groups excluding carboxylic acids is 1. The van der Waals surface area contributed by atoms with Gasteiger partial charge in [0.15, 0.2) is 0 Å². The van der Waals surface area contributed by atoms with Crippen molar-refractivity contribution in [1.29, 1.82) is 0 Å². The van der Waals surface area contributed by atoms with Gasteiger partial charge in [-0.3, -0.25) is 4.79 Å². The van der Waals surface area contributed by atoms with Crippen molar-refractivity contribution in [2.45, 2.75) is 6.92 Å². The molecular formula is C12H11BrFN3O2. The number of nitrogens with zero attached hydrogens (tertiary/aromatic N) is 2. The number of nitrogens with two attached hydrogens (primary N) is 1. The van der Waals surface area contributed by atoms with E-state index in [1.807, 2.05) is 0 Å². The van der Waals surface area contributed by atoms with Crippen molar-refractivity contribution in [3.8, 4) is 11.6 Å². The highest BCUT2D eigenvalue weighted by Gasteiger charge is 2.20. The summed E-state index contributed by atoms with van der Waals surface area (Å²) in [5.74, 6) is -0.423. The molecule has 0 aliphatic carbocycles. The van der Waals surface area contributed by atoms with Gasteiger partial charge in [-0.25, -0.2) is 9.07 Å². The Kier molecular flexibility index (Phi) is 3.57. The first kappa shape index (κ1) is 13.5. The molecule has 0 radical (unpaired) electrons. The third kappa shape index (κ3) is 2.60. The fraction of sp³-hybridized carbons (Fsp3) is 0.167. The van der Waals surface area contributed by atoms with Crippen LogP contribution in [0.4, 0.5) is 4.39 Å². The van der Waals surface area contributed by atoms with E-state index in [1.165, 1.54) is 22.9 Å². The topological polar surface area (TPSA) is 70.1 Å². The second kappa shape index (κ2) is 5.00. The molecule has 2 aromatic rings. The molecule has 1 aromatic heterocycles. The zero-order valence-corrected chi connectivity index (χ0v) is 11.9. The summed E-state index contributed by atoms with van der Waals surface area (Å²) in [4.78, 5) is 11.4. The molecule has 7 heteroatoms. The summed E-state index contributed by atoms with van der Waals surface area (Å²) >= 11 is 3.06. The predicted octanol–water partition coefficient (Wildman–Crippen LogP) is 2.52. The number of halogens is 2. The van der Waals surface area contributed by atoms with E-state index in [9.17, 15) is 9.18 Å². The van der Waals surface area contributed by atoms with Crippen molar-refractivity contribution in [2.75, 3.05) is 0 Å². The third-order valence-corrected chi connectivity index (χ3v) is 3.13. The van der Waals surface area contributed by atoms with Gasteiger partial charge in [0.1, 0.15) is 17.1 Å². The number of amides is 1. The lowest BCUT2D eigenvalue weighted by atomic mass is 10.2. The van der Waals surface area contributed by atoms with Crippen molar-refractivity contribution < 1.29 is 13.9 Å². The number of carbonyl (C=O) groups is 1. The number of aryl methyl sites for hydroxylation is 2. The molecule has 1 amide bonds. The van der Waals surface area contributed by atoms with Crippen LogP contribution in [0.2, 0.25) is 0 Å². The first-order valence-corrected chi connectivity index (χ1v) is 6.15. The molecule has 0 spiro atoms. The number of ether oxygens (including phenoxy) is 1. The minimum atomic E-state index is -0.623. The maximum atomic E-state index is 13.1. The van der Waals surface area contributed by atoms with Crippen LogP contribution in [0.25, 0.3) is 0 Å². The average Bonchev–Trinajstić information content (AvgIpc) is 2.59. The van der Waals surface area contributed by atoms with Crippen molar-refractivity contribution in [3.05, 3.63) is 39.7 Å². The van der Waals surface area contributed by atoms with Crippen LogP contribution in [-0.2, 0) is 7.05 Å². The summed E-state index contributed by atoms with van der Waals surface area (Å²) in [7, 11) is 1.63. The van der Waals surface area contributed by atoms with Gasteiger partial charge in [-0.15, -0.1) is 0 Å². The molecule has 1 heterocycles. The first-order valence-electron chi connectivity index (χ1n) is 5.36. The highest BCUT2D eigenvalue weighted by Crippen LogP contribution is 2.29. The Hall–Kier alpha value is -1.89. The van der Waals surface area contributed by atoms with E-state index in [2.05, 4.69) is 21.0 Å². The molecular weight excluding hydrogens is 317 g/mol. The fourth-order valence-electron chi connectivity index (χ4n) is 1.69. The van der Waals surface area contributed by atoms with Gasteiger partial charge in [0.2, 0.25) is 5.88 Å². The molecule has 0 aliphatic rings. The molecule has 100 valence electrons. The van der Waals surface area contributed by atoms with Crippen molar-refractivity contribution in [2.24, 2.45) is 12.8 Å². The van der Waals surface area contributed by atoms with Crippen LogP contribution in [0, 0.1) is 12.7 Å². The number of hydrogen-bond donors (Lipinski definition) is 1. The predicted molar refractivity (Wildman–Crippen MR) is 70.6 cm³/mol. The molecule has 2 N–H and O–H groups in total. The SMILES string of the molecule is Cc1nn(C)c(Oc2ccc(F)c(Br)c2)c1C(N)=O. The van der Waals surface area contributed by atoms with E-state index in [0.717, 1.165) is 0 Å². The van der Waals surface area contributed by atoms with Gasteiger partial charge in [-0.1, -0.05) is 0 Å². The molecule has 0 atom stereocenters. The van der Waals surface area contributed by atoms with Gasteiger partial charge in [-0.2, -0.15) is 5.10 Å². The molecule has 0 saturated heterocycles. The first-order chi connectivity index (χ1) is 8.90. The van der Waals surface area contributed by atoms with Gasteiger partial charge >= 0.3 is 0 Å². The molecule has 5 nitrogen and oxygen atoms in total. The normalized spacial score (nSPS) is 10.5. The van der Waals surface area contributed by atoms with Gasteiger partial charge in [-0.05, 0) is 41.1 Å². The van der Waals surface area contributed by atoms with Gasteiger partial charge in [0.25, 0.3) is 5.91 Å². The van der Waals surface area contributed by atoms with Crippen molar-refractivity contribution >= 4 is 21.8 Å². The van der Waals surface area contributed by atoms with E-state index >= 15 is 0 Å². The van der Waals surface area contributed by atoms with Crippen molar-refractivity contribution in [3.63, 3.8) is 0 Å². The highest BCUT2D eigenvalue weighted by atomic mass is 79.9. The summed E-state index contributed by atoms with van der Waals surface area (Å²) < 4.78 is 20.4. The molecule has 0 bridgehead atoms. The number of benzene rings is 1. The summed E-state index contributed by atoms with van der Waals surface area (Å²) in [6.45, 7) is 1.66. The second-order valence-electron chi connectivity index (χ2n) is 3.93. The maximum absolute atomic E-state index is 13.1. The lowest BCUT2D eigenvalue weighted by Crippen LogP contribution is -2.13. The number of rotatable bonds is 3. The number of hydrogen-bond acceptors (Lipinski definition) is 3. The molecule has 0 unspecified atom stereocenters. The molecule has 0 aliphatic heterocycles. The zero-order chi connectivity index (χ0) is 14.2. The number of aromatic nitrogens is 2. The molecule has 0 fully saturated rings. The lowest BCUT2D eigenvalue weighted by molar-refractivity contribution is 0.0997. The summed E-state index contributed by atoms with van der Waals surface area (Å²) in [6, 6.07) is 4.17. The van der Waals surface area contributed by atoms with Crippen LogP contribution < -0.4 is 10.5 Å². The van der Waals surface area contributed by atoms with Gasteiger partial charge < -0.3 is 10.5 Å². The van der Waals surface area contributed by atoms with Crippen LogP contribution in [0.1, 0.15) is 16.1 Å². The Bertz CT molecular complexity index is 655. The van der Waals surface area contributed by atoms with Crippen LogP contribution in [-0.4, -0.2) is 15.7 Å². The van der Waals surface area contributed by atoms with E-state index in [4.69, 9.17) is 10.5 Å². The number of primary amides is 1. The monoisotopic (exact) mass is 327 g/mol. The van der Waals surface area contributed by atoms with E-state index in [-0.39, 0.29) is 15.9 Å². The Labute approximate surface area is 117 Å². The Balaban J connectivity index is 2.43. The minimum Gasteiger partial charge on any atom is -0.438 e. The Morgan fingerprint density at radius 2 is 2.21 bits per heavy atom. The quantitative estimate of drug-likeness (QED) is 0.941. The van der Waals surface area contributed by atoms with E-state index in [0.29, 0.717) is 11.4 Å². The van der Waals surface area contributed by atoms with Crippen molar-refractivity contribution in [1.82, 2.24) is 9.78 Å². The van der Waals surface area contributed by atoms with E-state index in [1.54, 1.807) is 14.0 Å². The van der Waals surface area contributed by atoms with Crippen LogP contribution in [0.3, 0.4) is 0 Å². The largest absolute Gasteiger partial charge is 0.438 e. The molecule has 19 heavy (non-hydrogen) atoms. The van der Waals surface area contributed by atoms with Crippen LogP contribution in [0.15, 0.2) is 22.7 Å². The summed E-state index contributed by atoms with van der Waals surface area (Å²) in [6.07, 6.45) is 0. The fourth-order valence-corrected chi connectivity index (χ4v) is 2.05. The van der Waals surface area contributed by atoms with Crippen LogP contribution >= 0.6 is 15.9 Å². The highest BCUT2D eigenvalue weighted by molar-refractivity contribution is 9.10. The third-order valence-electron chi connectivity index (χ3n) is 2.52. The standard InChI is InChI=1S/C12H11BrFN3O2/c1-6-10(11(15)18)12(17(2)16-6)19-7-3-4-9(14)8(13)5-7/h3-5H,1-2H3,(H2,15,18). The maximum Gasteiger partial charge on any atom is 0.256 e. The molecule has 0 saturated carbocycles. The molecule has 1 aromatic carbocycles. The minimum absolute atomic E-state index is 0.211. The zero-order valence-electron chi connectivity index (χ0n) is 10.3. The second-order valence-corrected chi connectivity index (χ2v) is 4.79. The van der Waals surface area contributed by atoms with E-state index < -0.39 is 11.7 Å². The van der Waals surface area contributed by atoms with Gasteiger partial charge in [0, 0.05) is 7.05 Å². The smallest absolute Gasteiger partial charge is 0.256 e. The Morgan fingerprint density at radius 3 is 2.79 bits per heavy atom. The lowest BCUT2D eigenvalue weighted by Gasteiger charge is -2.07.